The zero-order chi connectivity index (χ0) is 50.9. The van der Waals surface area contributed by atoms with Gasteiger partial charge >= 0.3 is 5.97 Å². The highest BCUT2D eigenvalue weighted by molar-refractivity contribution is 7.87. The van der Waals surface area contributed by atoms with E-state index in [9.17, 15) is 61.8 Å². The Morgan fingerprint density at radius 3 is 1.97 bits per heavy atom. The molecule has 1 atom stereocenters. The molecular formula is C47H53N2O16S4-3. The summed E-state index contributed by atoms with van der Waals surface area (Å²) in [6.45, 7) is 6.71. The average molecular weight is 1030 g/mol. The minimum Gasteiger partial charge on any atom is -0.748 e. The van der Waals surface area contributed by atoms with Crippen LogP contribution in [0.4, 0.5) is 11.4 Å². The van der Waals surface area contributed by atoms with Crippen molar-refractivity contribution in [2.75, 3.05) is 51.2 Å². The summed E-state index contributed by atoms with van der Waals surface area (Å²) in [7, 11) is -17.2. The van der Waals surface area contributed by atoms with Crippen molar-refractivity contribution in [2.45, 2.75) is 91.2 Å². The Balaban J connectivity index is 1.50. The van der Waals surface area contributed by atoms with Gasteiger partial charge in [0, 0.05) is 73.9 Å². The molecule has 1 N–H and O–H groups in total. The number of ether oxygens (including phenoxy) is 2. The third-order valence-electron chi connectivity index (χ3n) is 12.8. The van der Waals surface area contributed by atoms with E-state index in [1.165, 1.54) is 38.5 Å². The van der Waals surface area contributed by atoms with E-state index in [0.717, 1.165) is 28.4 Å². The Morgan fingerprint density at radius 1 is 0.725 bits per heavy atom. The van der Waals surface area contributed by atoms with Crippen LogP contribution in [0.5, 0.6) is 0 Å². The minimum absolute atomic E-state index is 0.00729. The molecule has 374 valence electrons. The smallest absolute Gasteiger partial charge is 0.303 e. The Labute approximate surface area is 402 Å². The molecule has 2 heterocycles. The van der Waals surface area contributed by atoms with Crippen molar-refractivity contribution >= 4 is 85.1 Å². The van der Waals surface area contributed by atoms with Crippen LogP contribution < -0.4 is 4.90 Å². The molecule has 0 fully saturated rings. The Bertz CT molecular complexity index is 3290. The molecule has 1 unspecified atom stereocenters. The lowest BCUT2D eigenvalue weighted by atomic mass is 9.75. The number of unbranched alkanes of at least 4 members (excludes halogenated alkanes) is 2. The summed E-state index contributed by atoms with van der Waals surface area (Å²) >= 11 is 0. The lowest BCUT2D eigenvalue weighted by Crippen LogP contribution is -2.31. The highest BCUT2D eigenvalue weighted by Gasteiger charge is 2.46. The predicted octanol–water partition coefficient (Wildman–Crippen LogP) is 5.66. The fraction of sp³-hybridized carbons (Fsp3) is 0.404. The van der Waals surface area contributed by atoms with Crippen LogP contribution in [0.15, 0.2) is 99.3 Å². The van der Waals surface area contributed by atoms with Gasteiger partial charge in [-0.2, -0.15) is 4.58 Å². The summed E-state index contributed by atoms with van der Waals surface area (Å²) in [5, 5.41) is 10.3. The second-order valence-electron chi connectivity index (χ2n) is 17.7. The number of hydrogen-bond donors (Lipinski definition) is 1. The number of anilines is 1. The fourth-order valence-corrected chi connectivity index (χ4v) is 12.1. The normalized spacial score (nSPS) is 18.2. The van der Waals surface area contributed by atoms with E-state index in [0.29, 0.717) is 60.6 Å². The molecule has 4 aromatic rings. The van der Waals surface area contributed by atoms with Gasteiger partial charge in [-0.3, -0.25) is 4.79 Å². The van der Waals surface area contributed by atoms with Crippen LogP contribution in [0, 0.1) is 0 Å². The number of carboxylic acid groups (broad SMARTS) is 1. The number of carboxylic acids is 1. The van der Waals surface area contributed by atoms with Gasteiger partial charge in [0.1, 0.15) is 36.9 Å². The molecular weight excluding hydrogens is 977 g/mol. The van der Waals surface area contributed by atoms with E-state index >= 15 is 0 Å². The molecule has 2 aliphatic rings. The van der Waals surface area contributed by atoms with E-state index in [1.54, 1.807) is 31.2 Å². The lowest BCUT2D eigenvalue weighted by molar-refractivity contribution is -0.438. The van der Waals surface area contributed by atoms with Crippen LogP contribution in [0.1, 0.15) is 76.0 Å². The van der Waals surface area contributed by atoms with Crippen LogP contribution in [-0.2, 0) is 72.0 Å². The van der Waals surface area contributed by atoms with Gasteiger partial charge in [-0.25, -0.2) is 33.7 Å². The SMILES string of the molecule is COCCc1cc(S(=O)(=O)[O-])cc2c3c(ccc12)[N+](CCCCCC(=O)O)=C(C=CC=CC=C1N(CCOC)c2ccc4c(S(=O)(=O)[O-])cc(S(=O)(=O)[O-])cc4c2C1(C)CCCS(=O)(=O)[O-])C3(C)C. The highest BCUT2D eigenvalue weighted by atomic mass is 32.2. The molecule has 0 aliphatic carbocycles. The summed E-state index contributed by atoms with van der Waals surface area (Å²) in [5.74, 6) is -1.67. The van der Waals surface area contributed by atoms with E-state index in [4.69, 9.17) is 9.47 Å². The van der Waals surface area contributed by atoms with Crippen molar-refractivity contribution in [2.24, 2.45) is 0 Å². The first-order valence-electron chi connectivity index (χ1n) is 21.9. The Kier molecular flexibility index (Phi) is 15.9. The van der Waals surface area contributed by atoms with E-state index in [-0.39, 0.29) is 60.3 Å². The predicted molar refractivity (Wildman–Crippen MR) is 253 cm³/mol. The quantitative estimate of drug-likeness (QED) is 0.0430. The summed E-state index contributed by atoms with van der Waals surface area (Å²) in [6, 6.07) is 11.0. The van der Waals surface area contributed by atoms with Crippen molar-refractivity contribution in [1.82, 2.24) is 0 Å². The van der Waals surface area contributed by atoms with Gasteiger partial charge in [-0.05, 0) is 128 Å². The first-order valence-corrected chi connectivity index (χ1v) is 27.7. The number of fused-ring (bicyclic) bond motifs is 6. The van der Waals surface area contributed by atoms with Crippen LogP contribution in [0.3, 0.4) is 0 Å². The van der Waals surface area contributed by atoms with Crippen molar-refractivity contribution < 1.29 is 75.8 Å². The fourth-order valence-electron chi connectivity index (χ4n) is 9.76. The summed E-state index contributed by atoms with van der Waals surface area (Å²) in [6.07, 6.45) is 10.6. The third-order valence-corrected chi connectivity index (χ3v) is 16.1. The third kappa shape index (κ3) is 11.5. The average Bonchev–Trinajstić information content (AvgIpc) is 3.61. The van der Waals surface area contributed by atoms with Gasteiger partial charge in [-0.15, -0.1) is 0 Å². The summed E-state index contributed by atoms with van der Waals surface area (Å²) in [4.78, 5) is 10.8. The number of nitrogens with zero attached hydrogens (tertiary/aromatic N) is 2. The second kappa shape index (κ2) is 20.5. The molecule has 6 rings (SSSR count). The number of aliphatic carboxylic acids is 1. The Hall–Kier alpha value is -4.88. The van der Waals surface area contributed by atoms with Gasteiger partial charge in [0.15, 0.2) is 5.71 Å². The summed E-state index contributed by atoms with van der Waals surface area (Å²) in [5.41, 5.74) is 2.10. The number of rotatable bonds is 22. The number of methoxy groups -OCH3 is 2. The molecule has 2 aliphatic heterocycles. The number of hydrogen-bond acceptors (Lipinski definition) is 16. The van der Waals surface area contributed by atoms with Gasteiger partial charge in [0.2, 0.25) is 5.69 Å². The molecule has 0 bridgehead atoms. The second-order valence-corrected chi connectivity index (χ2v) is 23.4. The van der Waals surface area contributed by atoms with Crippen LogP contribution in [0.2, 0.25) is 0 Å². The molecule has 69 heavy (non-hydrogen) atoms. The summed E-state index contributed by atoms with van der Waals surface area (Å²) < 4.78 is 161. The Morgan fingerprint density at radius 2 is 1.36 bits per heavy atom. The molecule has 0 aromatic heterocycles. The molecule has 4 aromatic carbocycles. The van der Waals surface area contributed by atoms with Gasteiger partial charge < -0.3 is 37.7 Å². The van der Waals surface area contributed by atoms with Crippen LogP contribution in [0.25, 0.3) is 21.5 Å². The lowest BCUT2D eigenvalue weighted by Gasteiger charge is -2.31. The molecule has 18 nitrogen and oxygen atoms in total. The van der Waals surface area contributed by atoms with Crippen molar-refractivity contribution in [1.29, 1.82) is 0 Å². The minimum atomic E-state index is -5.35. The number of carbonyl (C=O) groups is 1. The molecule has 0 amide bonds. The molecule has 22 heteroatoms. The number of allylic oxidation sites excluding steroid dienone is 6. The van der Waals surface area contributed by atoms with E-state index < -0.39 is 72.8 Å². The molecule has 0 saturated heterocycles. The molecule has 0 radical (unpaired) electrons. The van der Waals surface area contributed by atoms with E-state index in [2.05, 4.69) is 4.58 Å². The van der Waals surface area contributed by atoms with E-state index in [1.807, 2.05) is 37.0 Å². The topological polar surface area (TPSA) is 291 Å². The zero-order valence-electron chi connectivity index (χ0n) is 38.6. The standard InChI is InChI=1S/C47H56N2O16S4/c1-46(2)41(48(22-11-7-10-15-43(50)51)38-18-16-34-31(20-24-64-4)27-32(67(55,56)57)28-36(34)44(38)46)13-8-6-9-14-42-47(3,21-12-26-66(52,53)54)45-37-29-33(68(58,59)60)30-40(69(61,62)63)35(37)17-19-39(45)49(42)23-25-65-5/h6,8-9,13-14,16-19,27-30H,7,10-12,15,20-26H2,1-5H3,(H4-,50,51,52,53,54,55,56,57,58,59,60,61,62,63)/p-3. The monoisotopic (exact) mass is 1030 g/mol. The molecule has 0 spiro atoms. The van der Waals surface area contributed by atoms with Crippen molar-refractivity contribution in [3.8, 4) is 0 Å². The zero-order valence-corrected chi connectivity index (χ0v) is 41.9. The first-order chi connectivity index (χ1) is 32.1. The highest BCUT2D eigenvalue weighted by Crippen LogP contribution is 2.54. The van der Waals surface area contributed by atoms with Gasteiger partial charge in [-0.1, -0.05) is 24.3 Å². The van der Waals surface area contributed by atoms with Crippen LogP contribution in [-0.4, -0.2) is 120 Å². The van der Waals surface area contributed by atoms with Crippen molar-refractivity contribution in [3.05, 3.63) is 101 Å². The van der Waals surface area contributed by atoms with Gasteiger partial charge in [0.25, 0.3) is 0 Å². The maximum atomic E-state index is 12.5. The maximum absolute atomic E-state index is 12.5. The van der Waals surface area contributed by atoms with Gasteiger partial charge in [0.05, 0.1) is 43.4 Å². The van der Waals surface area contributed by atoms with Crippen molar-refractivity contribution in [3.63, 3.8) is 0 Å². The maximum Gasteiger partial charge on any atom is 0.303 e. The largest absolute Gasteiger partial charge is 0.748 e. The van der Waals surface area contributed by atoms with Crippen LogP contribution >= 0.6 is 0 Å². The molecule has 0 saturated carbocycles. The first kappa shape index (κ1) is 53.5. The number of benzene rings is 4.